The molecule has 0 unspecified atom stereocenters. The van der Waals surface area contributed by atoms with Crippen molar-refractivity contribution in [2.24, 2.45) is 5.10 Å². The van der Waals surface area contributed by atoms with Crippen LogP contribution in [0.25, 0.3) is 0 Å². The maximum Gasteiger partial charge on any atom is 0.277 e. The van der Waals surface area contributed by atoms with Crippen LogP contribution in [0.2, 0.25) is 0 Å². The van der Waals surface area contributed by atoms with Gasteiger partial charge in [0.2, 0.25) is 0 Å². The third kappa shape index (κ3) is 6.55. The van der Waals surface area contributed by atoms with E-state index in [-0.39, 0.29) is 12.5 Å². The molecule has 0 radical (unpaired) electrons. The highest BCUT2D eigenvalue weighted by atomic mass is 79.9. The summed E-state index contributed by atoms with van der Waals surface area (Å²) in [5, 5.41) is 3.97. The minimum atomic E-state index is -0.317. The standard InChI is InChI=1S/C22H19BrN2O2S/c1-16-5-9-20(10-6-16)28-21-11-7-17(8-12-21)14-24-25-22(26)15-27-19-4-2-3-18(23)13-19/h2-14H,15H2,1H3,(H,25,26)/b24-14+. The van der Waals surface area contributed by atoms with E-state index in [0.29, 0.717) is 5.75 Å². The third-order valence-electron chi connectivity index (χ3n) is 3.71. The summed E-state index contributed by atoms with van der Waals surface area (Å²) in [6, 6.07) is 23.7. The van der Waals surface area contributed by atoms with Gasteiger partial charge in [-0.1, -0.05) is 63.6 Å². The Morgan fingerprint density at radius 3 is 2.43 bits per heavy atom. The number of hydrogen-bond donors (Lipinski definition) is 1. The third-order valence-corrected chi connectivity index (χ3v) is 5.21. The summed E-state index contributed by atoms with van der Waals surface area (Å²) in [7, 11) is 0. The minimum Gasteiger partial charge on any atom is -0.484 e. The molecule has 0 aliphatic rings. The van der Waals surface area contributed by atoms with E-state index in [1.54, 1.807) is 30.1 Å². The van der Waals surface area contributed by atoms with Crippen LogP contribution in [-0.4, -0.2) is 18.7 Å². The maximum absolute atomic E-state index is 11.8. The molecular formula is C22H19BrN2O2S. The molecule has 0 fully saturated rings. The molecule has 0 aliphatic heterocycles. The number of hydrogen-bond acceptors (Lipinski definition) is 4. The van der Waals surface area contributed by atoms with Crippen LogP contribution in [0.1, 0.15) is 11.1 Å². The number of ether oxygens (including phenoxy) is 1. The molecule has 3 aromatic carbocycles. The zero-order chi connectivity index (χ0) is 19.8. The summed E-state index contributed by atoms with van der Waals surface area (Å²) in [4.78, 5) is 14.2. The van der Waals surface area contributed by atoms with Crippen LogP contribution < -0.4 is 10.2 Å². The van der Waals surface area contributed by atoms with E-state index in [0.717, 1.165) is 14.9 Å². The molecule has 1 amide bonds. The van der Waals surface area contributed by atoms with Gasteiger partial charge in [-0.05, 0) is 55.0 Å². The van der Waals surface area contributed by atoms with E-state index in [1.807, 2.05) is 36.4 Å². The Labute approximate surface area is 177 Å². The number of amides is 1. The first-order valence-electron chi connectivity index (χ1n) is 8.63. The Balaban J connectivity index is 1.46. The Bertz CT molecular complexity index is 957. The van der Waals surface area contributed by atoms with Gasteiger partial charge in [0.1, 0.15) is 5.75 Å². The van der Waals surface area contributed by atoms with Crippen LogP contribution in [0.4, 0.5) is 0 Å². The fourth-order valence-electron chi connectivity index (χ4n) is 2.28. The molecule has 28 heavy (non-hydrogen) atoms. The SMILES string of the molecule is Cc1ccc(Sc2ccc(/C=N/NC(=O)COc3cccc(Br)c3)cc2)cc1. The molecule has 0 atom stereocenters. The Hall–Kier alpha value is -2.57. The van der Waals surface area contributed by atoms with Gasteiger partial charge in [-0.25, -0.2) is 5.43 Å². The van der Waals surface area contributed by atoms with E-state index >= 15 is 0 Å². The monoisotopic (exact) mass is 454 g/mol. The fraction of sp³-hybridized carbons (Fsp3) is 0.0909. The number of nitrogens with one attached hydrogen (secondary N) is 1. The average Bonchev–Trinajstić information content (AvgIpc) is 2.70. The molecule has 3 rings (SSSR count). The van der Waals surface area contributed by atoms with Gasteiger partial charge in [0.15, 0.2) is 6.61 Å². The molecule has 1 N–H and O–H groups in total. The summed E-state index contributed by atoms with van der Waals surface area (Å²) in [5.41, 5.74) is 4.62. The van der Waals surface area contributed by atoms with Crippen molar-refractivity contribution in [1.29, 1.82) is 0 Å². The second-order valence-corrected chi connectivity index (χ2v) is 8.09. The lowest BCUT2D eigenvalue weighted by Gasteiger charge is -2.05. The molecule has 142 valence electrons. The first-order valence-corrected chi connectivity index (χ1v) is 10.2. The van der Waals surface area contributed by atoms with Crippen molar-refractivity contribution in [1.82, 2.24) is 5.43 Å². The van der Waals surface area contributed by atoms with Crippen LogP contribution in [0.5, 0.6) is 5.75 Å². The average molecular weight is 455 g/mol. The van der Waals surface area contributed by atoms with E-state index < -0.39 is 0 Å². The highest BCUT2D eigenvalue weighted by Crippen LogP contribution is 2.27. The van der Waals surface area contributed by atoms with Gasteiger partial charge < -0.3 is 4.74 Å². The van der Waals surface area contributed by atoms with Gasteiger partial charge in [0.05, 0.1) is 6.21 Å². The molecule has 0 saturated heterocycles. The molecule has 0 aromatic heterocycles. The maximum atomic E-state index is 11.8. The number of carbonyl (C=O) groups excluding carboxylic acids is 1. The Kier molecular flexibility index (Phi) is 7.28. The smallest absolute Gasteiger partial charge is 0.277 e. The molecule has 3 aromatic rings. The van der Waals surface area contributed by atoms with Crippen molar-refractivity contribution in [3.8, 4) is 5.75 Å². The van der Waals surface area contributed by atoms with Crippen LogP contribution in [0, 0.1) is 6.92 Å². The zero-order valence-electron chi connectivity index (χ0n) is 15.3. The van der Waals surface area contributed by atoms with Crippen molar-refractivity contribution in [2.75, 3.05) is 6.61 Å². The number of carbonyl (C=O) groups is 1. The lowest BCUT2D eigenvalue weighted by atomic mass is 10.2. The molecule has 4 nitrogen and oxygen atoms in total. The van der Waals surface area contributed by atoms with Crippen molar-refractivity contribution in [3.05, 3.63) is 88.4 Å². The summed E-state index contributed by atoms with van der Waals surface area (Å²) in [5.74, 6) is 0.304. The molecule has 6 heteroatoms. The van der Waals surface area contributed by atoms with Crippen LogP contribution in [-0.2, 0) is 4.79 Å². The predicted octanol–water partition coefficient (Wildman–Crippen LogP) is 5.44. The number of rotatable bonds is 7. The van der Waals surface area contributed by atoms with Crippen molar-refractivity contribution in [3.63, 3.8) is 0 Å². The normalized spacial score (nSPS) is 10.8. The summed E-state index contributed by atoms with van der Waals surface area (Å²) in [6.07, 6.45) is 1.61. The highest BCUT2D eigenvalue weighted by molar-refractivity contribution is 9.10. The quantitative estimate of drug-likeness (QED) is 0.382. The van der Waals surface area contributed by atoms with Gasteiger partial charge in [0.25, 0.3) is 5.91 Å². The topological polar surface area (TPSA) is 50.7 Å². The highest BCUT2D eigenvalue weighted by Gasteiger charge is 2.02. The number of benzene rings is 3. The van der Waals surface area contributed by atoms with Crippen LogP contribution in [0.3, 0.4) is 0 Å². The first kappa shape index (κ1) is 20.2. The number of nitrogens with zero attached hydrogens (tertiary/aromatic N) is 1. The fourth-order valence-corrected chi connectivity index (χ4v) is 3.48. The molecule has 0 heterocycles. The number of hydrazone groups is 1. The lowest BCUT2D eigenvalue weighted by molar-refractivity contribution is -0.123. The van der Waals surface area contributed by atoms with E-state index in [1.165, 1.54) is 10.5 Å². The van der Waals surface area contributed by atoms with Crippen molar-refractivity contribution in [2.45, 2.75) is 16.7 Å². The van der Waals surface area contributed by atoms with Crippen LogP contribution in [0.15, 0.2) is 92.2 Å². The van der Waals surface area contributed by atoms with E-state index in [4.69, 9.17) is 4.74 Å². The van der Waals surface area contributed by atoms with E-state index in [9.17, 15) is 4.79 Å². The predicted molar refractivity (Wildman–Crippen MR) is 117 cm³/mol. The van der Waals surface area contributed by atoms with Crippen LogP contribution >= 0.6 is 27.7 Å². The second-order valence-electron chi connectivity index (χ2n) is 6.02. The lowest BCUT2D eigenvalue weighted by Crippen LogP contribution is -2.24. The van der Waals surface area contributed by atoms with Gasteiger partial charge in [-0.3, -0.25) is 4.79 Å². The summed E-state index contributed by atoms with van der Waals surface area (Å²) < 4.78 is 6.31. The summed E-state index contributed by atoms with van der Waals surface area (Å²) in [6.45, 7) is 1.98. The van der Waals surface area contributed by atoms with Gasteiger partial charge in [-0.2, -0.15) is 5.10 Å². The number of halogens is 1. The zero-order valence-corrected chi connectivity index (χ0v) is 17.7. The van der Waals surface area contributed by atoms with E-state index in [2.05, 4.69) is 57.6 Å². The van der Waals surface area contributed by atoms with Crippen molar-refractivity contribution < 1.29 is 9.53 Å². The second kappa shape index (κ2) is 10.1. The first-order chi connectivity index (χ1) is 13.6. The molecule has 0 bridgehead atoms. The van der Waals surface area contributed by atoms with Crippen molar-refractivity contribution >= 4 is 39.8 Å². The largest absolute Gasteiger partial charge is 0.484 e. The Morgan fingerprint density at radius 1 is 1.07 bits per heavy atom. The number of aryl methyl sites for hydroxylation is 1. The summed E-state index contributed by atoms with van der Waals surface area (Å²) >= 11 is 5.06. The molecule has 0 aliphatic carbocycles. The molecular weight excluding hydrogens is 436 g/mol. The molecule has 0 spiro atoms. The van der Waals surface area contributed by atoms with Gasteiger partial charge in [0, 0.05) is 14.3 Å². The minimum absolute atomic E-state index is 0.0973. The Morgan fingerprint density at radius 2 is 1.75 bits per heavy atom. The molecule has 0 saturated carbocycles. The van der Waals surface area contributed by atoms with Gasteiger partial charge in [-0.15, -0.1) is 0 Å². The van der Waals surface area contributed by atoms with Gasteiger partial charge >= 0.3 is 0 Å².